The Balaban J connectivity index is 1.49. The van der Waals surface area contributed by atoms with Gasteiger partial charge in [0, 0.05) is 37.5 Å². The van der Waals surface area contributed by atoms with Gasteiger partial charge >= 0.3 is 0 Å². The largest absolute Gasteiger partial charge is 0.496 e. The van der Waals surface area contributed by atoms with E-state index in [-0.39, 0.29) is 36.5 Å². The molecule has 1 aliphatic heterocycles. The first-order valence-corrected chi connectivity index (χ1v) is 10.8. The Bertz CT molecular complexity index is 941. The molecule has 1 aliphatic rings. The van der Waals surface area contributed by atoms with Gasteiger partial charge in [-0.15, -0.1) is 0 Å². The van der Waals surface area contributed by atoms with Gasteiger partial charge in [0.1, 0.15) is 17.1 Å². The Morgan fingerprint density at radius 1 is 0.938 bits per heavy atom. The molecule has 2 aromatic rings. The van der Waals surface area contributed by atoms with Crippen molar-refractivity contribution >= 4 is 17.6 Å². The maximum atomic E-state index is 12.8. The lowest BCUT2D eigenvalue weighted by Crippen LogP contribution is -2.46. The average Bonchev–Trinajstić information content (AvgIpc) is 2.82. The number of amides is 2. The zero-order valence-electron chi connectivity index (χ0n) is 18.8. The molecule has 2 amide bonds. The molecule has 32 heavy (non-hydrogen) atoms. The molecule has 0 unspecified atom stereocenters. The third kappa shape index (κ3) is 5.66. The van der Waals surface area contributed by atoms with Crippen LogP contribution in [0.3, 0.4) is 0 Å². The third-order valence-electron chi connectivity index (χ3n) is 5.78. The van der Waals surface area contributed by atoms with Crippen LogP contribution in [0.5, 0.6) is 11.5 Å². The van der Waals surface area contributed by atoms with E-state index in [0.29, 0.717) is 48.6 Å². The van der Waals surface area contributed by atoms with Gasteiger partial charge in [-0.2, -0.15) is 0 Å². The summed E-state index contributed by atoms with van der Waals surface area (Å²) < 4.78 is 10.6. The minimum atomic E-state index is -0.257. The highest BCUT2D eigenvalue weighted by atomic mass is 16.5. The van der Waals surface area contributed by atoms with Crippen LogP contribution in [0.1, 0.15) is 52.0 Å². The van der Waals surface area contributed by atoms with Gasteiger partial charge in [0.05, 0.1) is 14.2 Å². The fourth-order valence-corrected chi connectivity index (χ4v) is 3.87. The van der Waals surface area contributed by atoms with Gasteiger partial charge in [-0.25, -0.2) is 0 Å². The number of Topliss-reactive ketones (excluding diaryl/α,β-unsaturated/α-hetero) is 1. The van der Waals surface area contributed by atoms with Crippen molar-refractivity contribution in [2.45, 2.75) is 38.6 Å². The number of piperidine rings is 1. The Labute approximate surface area is 188 Å². The van der Waals surface area contributed by atoms with Crippen LogP contribution in [0, 0.1) is 6.92 Å². The number of aryl methyl sites for hydroxylation is 1. The highest BCUT2D eigenvalue weighted by molar-refractivity contribution is 6.00. The lowest BCUT2D eigenvalue weighted by Gasteiger charge is -2.32. The van der Waals surface area contributed by atoms with Crippen LogP contribution >= 0.6 is 0 Å². The zero-order valence-corrected chi connectivity index (χ0v) is 18.8. The van der Waals surface area contributed by atoms with Crippen molar-refractivity contribution < 1.29 is 23.9 Å². The second kappa shape index (κ2) is 10.8. The predicted molar refractivity (Wildman–Crippen MR) is 121 cm³/mol. The summed E-state index contributed by atoms with van der Waals surface area (Å²) >= 11 is 0. The number of ether oxygens (including phenoxy) is 2. The van der Waals surface area contributed by atoms with Crippen LogP contribution in [-0.2, 0) is 4.79 Å². The van der Waals surface area contributed by atoms with Crippen molar-refractivity contribution in [3.8, 4) is 11.5 Å². The van der Waals surface area contributed by atoms with E-state index in [2.05, 4.69) is 5.32 Å². The minimum Gasteiger partial charge on any atom is -0.496 e. The number of ketones is 1. The number of carbonyl (C=O) groups is 3. The van der Waals surface area contributed by atoms with E-state index >= 15 is 0 Å². The number of benzene rings is 2. The minimum absolute atomic E-state index is 0.0220. The lowest BCUT2D eigenvalue weighted by atomic mass is 10.0. The molecule has 0 radical (unpaired) electrons. The first-order chi connectivity index (χ1) is 15.4. The summed E-state index contributed by atoms with van der Waals surface area (Å²) in [6, 6.07) is 12.6. The van der Waals surface area contributed by atoms with Gasteiger partial charge < -0.3 is 19.7 Å². The highest BCUT2D eigenvalue weighted by Gasteiger charge is 2.26. The van der Waals surface area contributed by atoms with Crippen molar-refractivity contribution in [3.05, 3.63) is 59.2 Å². The lowest BCUT2D eigenvalue weighted by molar-refractivity contribution is -0.132. The van der Waals surface area contributed by atoms with Crippen molar-refractivity contribution in [1.29, 1.82) is 0 Å². The molecule has 1 N–H and O–H groups in total. The summed E-state index contributed by atoms with van der Waals surface area (Å²) in [5, 5.41) is 3.03. The van der Waals surface area contributed by atoms with Crippen molar-refractivity contribution in [1.82, 2.24) is 10.2 Å². The van der Waals surface area contributed by atoms with Crippen LogP contribution in [0.15, 0.2) is 42.5 Å². The van der Waals surface area contributed by atoms with Crippen molar-refractivity contribution in [2.75, 3.05) is 27.3 Å². The number of hydrogen-bond donors (Lipinski definition) is 1. The van der Waals surface area contributed by atoms with Gasteiger partial charge in [-0.1, -0.05) is 35.9 Å². The third-order valence-corrected chi connectivity index (χ3v) is 5.78. The molecule has 0 atom stereocenters. The molecule has 0 aliphatic carbocycles. The number of nitrogens with one attached hydrogen (secondary N) is 1. The fraction of sp³-hybridized carbons (Fsp3) is 0.400. The zero-order chi connectivity index (χ0) is 23.1. The summed E-state index contributed by atoms with van der Waals surface area (Å²) in [5.41, 5.74) is 2.10. The maximum absolute atomic E-state index is 12.8. The number of methoxy groups -OCH3 is 2. The van der Waals surface area contributed by atoms with E-state index in [4.69, 9.17) is 9.47 Å². The second-order valence-corrected chi connectivity index (χ2v) is 7.96. The summed E-state index contributed by atoms with van der Waals surface area (Å²) in [5.74, 6) is 0.598. The van der Waals surface area contributed by atoms with Crippen LogP contribution in [0.2, 0.25) is 0 Å². The van der Waals surface area contributed by atoms with E-state index in [1.807, 2.05) is 19.1 Å². The Morgan fingerprint density at radius 2 is 1.53 bits per heavy atom. The van der Waals surface area contributed by atoms with Crippen molar-refractivity contribution in [2.24, 2.45) is 0 Å². The van der Waals surface area contributed by atoms with Gasteiger partial charge in [-0.3, -0.25) is 14.4 Å². The topological polar surface area (TPSA) is 84.9 Å². The van der Waals surface area contributed by atoms with Gasteiger partial charge in [0.2, 0.25) is 5.91 Å². The second-order valence-electron chi connectivity index (χ2n) is 7.96. The fourth-order valence-electron chi connectivity index (χ4n) is 3.87. The number of nitrogens with zero attached hydrogens (tertiary/aromatic N) is 1. The molecule has 7 nitrogen and oxygen atoms in total. The standard InChI is InChI=1S/C25H30N2O5/c1-17-7-9-18(10-8-17)20(28)11-12-23(29)27-15-13-19(14-16-27)26-25(30)24-21(31-2)5-4-6-22(24)32-3/h4-10,19H,11-16H2,1-3H3,(H,26,30). The molecule has 0 spiro atoms. The molecular formula is C25H30N2O5. The van der Waals surface area contributed by atoms with Gasteiger partial charge in [0.25, 0.3) is 5.91 Å². The van der Waals surface area contributed by atoms with Gasteiger partial charge in [0.15, 0.2) is 5.78 Å². The Hall–Kier alpha value is -3.35. The summed E-state index contributed by atoms with van der Waals surface area (Å²) in [4.78, 5) is 39.5. The monoisotopic (exact) mass is 438 g/mol. The Morgan fingerprint density at radius 3 is 2.09 bits per heavy atom. The first kappa shape index (κ1) is 23.3. The molecule has 170 valence electrons. The molecule has 3 rings (SSSR count). The van der Waals surface area contributed by atoms with Gasteiger partial charge in [-0.05, 0) is 31.9 Å². The molecule has 0 aromatic heterocycles. The van der Waals surface area contributed by atoms with Crippen LogP contribution in [0.4, 0.5) is 0 Å². The summed E-state index contributed by atoms with van der Waals surface area (Å²) in [6.07, 6.45) is 1.70. The first-order valence-electron chi connectivity index (χ1n) is 10.8. The molecule has 7 heteroatoms. The number of likely N-dealkylation sites (tertiary alicyclic amines) is 1. The number of hydrogen-bond acceptors (Lipinski definition) is 5. The van der Waals surface area contributed by atoms with Crippen LogP contribution < -0.4 is 14.8 Å². The van der Waals surface area contributed by atoms with Crippen LogP contribution in [0.25, 0.3) is 0 Å². The number of rotatable bonds is 8. The van der Waals surface area contributed by atoms with E-state index in [9.17, 15) is 14.4 Å². The summed E-state index contributed by atoms with van der Waals surface area (Å²) in [6.45, 7) is 3.06. The molecular weight excluding hydrogens is 408 g/mol. The van der Waals surface area contributed by atoms with E-state index in [0.717, 1.165) is 5.56 Å². The molecule has 1 saturated heterocycles. The normalized spacial score (nSPS) is 14.0. The van der Waals surface area contributed by atoms with Crippen LogP contribution in [-0.4, -0.2) is 55.8 Å². The average molecular weight is 439 g/mol. The molecule has 2 aromatic carbocycles. The van der Waals surface area contributed by atoms with E-state index in [1.165, 1.54) is 14.2 Å². The maximum Gasteiger partial charge on any atom is 0.259 e. The quantitative estimate of drug-likeness (QED) is 0.639. The molecule has 0 bridgehead atoms. The highest BCUT2D eigenvalue weighted by Crippen LogP contribution is 2.28. The van der Waals surface area contributed by atoms with E-state index < -0.39 is 0 Å². The predicted octanol–water partition coefficient (Wildman–Crippen LogP) is 3.40. The van der Waals surface area contributed by atoms with E-state index in [1.54, 1.807) is 35.2 Å². The Kier molecular flexibility index (Phi) is 7.87. The SMILES string of the molecule is COc1cccc(OC)c1C(=O)NC1CCN(C(=O)CCC(=O)c2ccc(C)cc2)CC1. The van der Waals surface area contributed by atoms with Crippen molar-refractivity contribution in [3.63, 3.8) is 0 Å². The summed E-state index contributed by atoms with van der Waals surface area (Å²) in [7, 11) is 3.03. The molecule has 1 fully saturated rings. The molecule has 1 heterocycles. The number of carbonyl (C=O) groups excluding carboxylic acids is 3. The smallest absolute Gasteiger partial charge is 0.259 e. The molecule has 0 saturated carbocycles.